The minimum Gasteiger partial charge on any atom is -0.347 e. The maximum absolute atomic E-state index is 14.1. The van der Waals surface area contributed by atoms with Crippen LogP contribution in [0.15, 0.2) is 42.5 Å². The summed E-state index contributed by atoms with van der Waals surface area (Å²) in [6.45, 7) is 0.902. The molecule has 146 valence electrons. The monoisotopic (exact) mass is 392 g/mol. The Morgan fingerprint density at radius 2 is 1.75 bits per heavy atom. The number of likely N-dealkylation sites (tertiary alicyclic amines) is 1. The SMILES string of the molecule is O=C1CCC2(CN(C(=O)c3ccc(-c4ccc(C(F)(F)F)cc4F)cc3)C2)N1. The van der Waals surface area contributed by atoms with Gasteiger partial charge in [-0.2, -0.15) is 13.2 Å². The van der Waals surface area contributed by atoms with Gasteiger partial charge in [0.1, 0.15) is 5.82 Å². The van der Waals surface area contributed by atoms with Gasteiger partial charge in [0.05, 0.1) is 11.1 Å². The molecule has 4 nitrogen and oxygen atoms in total. The summed E-state index contributed by atoms with van der Waals surface area (Å²) in [7, 11) is 0. The van der Waals surface area contributed by atoms with Crippen molar-refractivity contribution in [1.29, 1.82) is 0 Å². The predicted octanol–water partition coefficient (Wildman–Crippen LogP) is 3.62. The van der Waals surface area contributed by atoms with E-state index in [9.17, 15) is 27.2 Å². The Morgan fingerprint density at radius 1 is 1.07 bits per heavy atom. The minimum atomic E-state index is -4.61. The van der Waals surface area contributed by atoms with Crippen LogP contribution in [0.5, 0.6) is 0 Å². The van der Waals surface area contributed by atoms with E-state index in [0.29, 0.717) is 43.1 Å². The topological polar surface area (TPSA) is 49.4 Å². The van der Waals surface area contributed by atoms with E-state index in [1.54, 1.807) is 4.90 Å². The molecule has 0 aliphatic carbocycles. The highest BCUT2D eigenvalue weighted by Crippen LogP contribution is 2.34. The molecule has 2 heterocycles. The van der Waals surface area contributed by atoms with Gasteiger partial charge in [0.2, 0.25) is 5.91 Å². The highest BCUT2D eigenvalue weighted by molar-refractivity contribution is 5.96. The second kappa shape index (κ2) is 6.32. The molecule has 4 rings (SSSR count). The van der Waals surface area contributed by atoms with Crippen LogP contribution < -0.4 is 5.32 Å². The van der Waals surface area contributed by atoms with Crippen molar-refractivity contribution in [2.45, 2.75) is 24.6 Å². The predicted molar refractivity (Wildman–Crippen MR) is 92.8 cm³/mol. The van der Waals surface area contributed by atoms with Crippen molar-refractivity contribution in [2.75, 3.05) is 13.1 Å². The van der Waals surface area contributed by atoms with Crippen molar-refractivity contribution < 1.29 is 27.2 Å². The molecular formula is C20H16F4N2O2. The highest BCUT2D eigenvalue weighted by atomic mass is 19.4. The summed E-state index contributed by atoms with van der Waals surface area (Å²) in [5.41, 5.74) is -0.549. The van der Waals surface area contributed by atoms with Gasteiger partial charge >= 0.3 is 6.18 Å². The number of carbonyl (C=O) groups is 2. The minimum absolute atomic E-state index is 0.00461. The number of rotatable bonds is 2. The Morgan fingerprint density at radius 3 is 2.29 bits per heavy atom. The summed E-state index contributed by atoms with van der Waals surface area (Å²) in [4.78, 5) is 25.5. The third-order valence-electron chi connectivity index (χ3n) is 5.25. The fraction of sp³-hybridized carbons (Fsp3) is 0.300. The Labute approximate surface area is 158 Å². The van der Waals surface area contributed by atoms with Crippen LogP contribution in [0.25, 0.3) is 11.1 Å². The van der Waals surface area contributed by atoms with E-state index in [0.717, 1.165) is 12.1 Å². The van der Waals surface area contributed by atoms with E-state index in [4.69, 9.17) is 0 Å². The second-order valence-corrected chi connectivity index (χ2v) is 7.26. The highest BCUT2D eigenvalue weighted by Gasteiger charge is 2.49. The molecule has 2 fully saturated rings. The maximum atomic E-state index is 14.1. The maximum Gasteiger partial charge on any atom is 0.416 e. The quantitative estimate of drug-likeness (QED) is 0.794. The zero-order valence-electron chi connectivity index (χ0n) is 14.6. The number of nitrogens with one attached hydrogen (secondary N) is 1. The molecule has 2 saturated heterocycles. The largest absolute Gasteiger partial charge is 0.416 e. The van der Waals surface area contributed by atoms with Gasteiger partial charge in [-0.1, -0.05) is 18.2 Å². The van der Waals surface area contributed by atoms with E-state index in [1.807, 2.05) is 0 Å². The molecule has 0 radical (unpaired) electrons. The fourth-order valence-corrected chi connectivity index (χ4v) is 3.74. The van der Waals surface area contributed by atoms with Crippen LogP contribution in [0.1, 0.15) is 28.8 Å². The number of carbonyl (C=O) groups excluding carboxylic acids is 2. The van der Waals surface area contributed by atoms with Gasteiger partial charge in [-0.25, -0.2) is 4.39 Å². The number of hydrogen-bond donors (Lipinski definition) is 1. The first-order valence-corrected chi connectivity index (χ1v) is 8.74. The van der Waals surface area contributed by atoms with Crippen LogP contribution >= 0.6 is 0 Å². The summed E-state index contributed by atoms with van der Waals surface area (Å²) in [5.74, 6) is -1.18. The molecule has 8 heteroatoms. The van der Waals surface area contributed by atoms with Crippen molar-refractivity contribution in [2.24, 2.45) is 0 Å². The van der Waals surface area contributed by atoms with E-state index in [1.165, 1.54) is 24.3 Å². The number of alkyl halides is 3. The molecule has 2 aromatic carbocycles. The Balaban J connectivity index is 1.47. The lowest BCUT2D eigenvalue weighted by atomic mass is 9.87. The molecule has 2 aliphatic rings. The molecule has 0 bridgehead atoms. The lowest BCUT2D eigenvalue weighted by Gasteiger charge is -2.47. The third kappa shape index (κ3) is 3.23. The van der Waals surface area contributed by atoms with Crippen LogP contribution in [0, 0.1) is 5.82 Å². The number of halogens is 4. The number of amides is 2. The van der Waals surface area contributed by atoms with Crippen molar-refractivity contribution in [3.05, 3.63) is 59.4 Å². The van der Waals surface area contributed by atoms with Gasteiger partial charge in [-0.05, 0) is 36.2 Å². The lowest BCUT2D eigenvalue weighted by Crippen LogP contribution is -2.68. The van der Waals surface area contributed by atoms with Crippen LogP contribution in [0.4, 0.5) is 17.6 Å². The molecule has 2 aliphatic heterocycles. The average molecular weight is 392 g/mol. The lowest BCUT2D eigenvalue weighted by molar-refractivity contribution is -0.137. The van der Waals surface area contributed by atoms with Gasteiger partial charge in [0.15, 0.2) is 0 Å². The summed E-state index contributed by atoms with van der Waals surface area (Å²) < 4.78 is 52.1. The van der Waals surface area contributed by atoms with Crippen LogP contribution in [-0.2, 0) is 11.0 Å². The Hall–Kier alpha value is -2.90. The third-order valence-corrected chi connectivity index (χ3v) is 5.25. The van der Waals surface area contributed by atoms with Crippen molar-refractivity contribution in [3.63, 3.8) is 0 Å². The molecule has 0 aromatic heterocycles. The normalized spacial score (nSPS) is 18.1. The number of benzene rings is 2. The molecule has 0 saturated carbocycles. The van der Waals surface area contributed by atoms with Crippen LogP contribution in [0.2, 0.25) is 0 Å². The smallest absolute Gasteiger partial charge is 0.347 e. The van der Waals surface area contributed by atoms with Crippen molar-refractivity contribution in [3.8, 4) is 11.1 Å². The van der Waals surface area contributed by atoms with Gasteiger partial charge in [0, 0.05) is 30.6 Å². The first-order valence-electron chi connectivity index (χ1n) is 8.74. The molecule has 1 N–H and O–H groups in total. The Bertz CT molecular complexity index is 948. The standard InChI is InChI=1S/C20H16F4N2O2/c21-16-9-14(20(22,23)24)5-6-15(16)12-1-3-13(4-2-12)18(28)26-10-19(11-26)8-7-17(27)25-19/h1-6,9H,7-8,10-11H2,(H,25,27). The summed E-state index contributed by atoms with van der Waals surface area (Å²) in [5, 5.41) is 2.90. The van der Waals surface area contributed by atoms with Crippen LogP contribution in [-0.4, -0.2) is 35.3 Å². The van der Waals surface area contributed by atoms with E-state index >= 15 is 0 Å². The van der Waals surface area contributed by atoms with Crippen LogP contribution in [0.3, 0.4) is 0 Å². The molecule has 2 aromatic rings. The summed E-state index contributed by atoms with van der Waals surface area (Å²) in [6, 6.07) is 8.42. The molecule has 0 unspecified atom stereocenters. The molecule has 1 spiro atoms. The van der Waals surface area contributed by atoms with E-state index in [2.05, 4.69) is 5.32 Å². The van der Waals surface area contributed by atoms with Crippen molar-refractivity contribution in [1.82, 2.24) is 10.2 Å². The van der Waals surface area contributed by atoms with Gasteiger partial charge in [0.25, 0.3) is 5.91 Å². The van der Waals surface area contributed by atoms with E-state index in [-0.39, 0.29) is 22.9 Å². The summed E-state index contributed by atoms with van der Waals surface area (Å²) in [6.07, 6.45) is -3.43. The number of nitrogens with zero attached hydrogens (tertiary/aromatic N) is 1. The first kappa shape index (κ1) is 18.5. The molecule has 2 amide bonds. The first-order chi connectivity index (χ1) is 13.2. The van der Waals surface area contributed by atoms with Gasteiger partial charge in [-0.3, -0.25) is 9.59 Å². The zero-order chi connectivity index (χ0) is 20.1. The molecular weight excluding hydrogens is 376 g/mol. The van der Waals surface area contributed by atoms with E-state index < -0.39 is 17.6 Å². The fourth-order valence-electron chi connectivity index (χ4n) is 3.74. The Kier molecular flexibility index (Phi) is 4.17. The molecule has 28 heavy (non-hydrogen) atoms. The van der Waals surface area contributed by atoms with Gasteiger partial charge in [-0.15, -0.1) is 0 Å². The van der Waals surface area contributed by atoms with Gasteiger partial charge < -0.3 is 10.2 Å². The molecule has 0 atom stereocenters. The summed E-state index contributed by atoms with van der Waals surface area (Å²) >= 11 is 0. The van der Waals surface area contributed by atoms with Crippen molar-refractivity contribution >= 4 is 11.8 Å². The number of hydrogen-bond acceptors (Lipinski definition) is 2. The average Bonchev–Trinajstić information content (AvgIpc) is 3.01. The second-order valence-electron chi connectivity index (χ2n) is 7.26. The zero-order valence-corrected chi connectivity index (χ0v) is 14.6.